The van der Waals surface area contributed by atoms with Crippen LogP contribution in [0.15, 0.2) is 59.9 Å². The van der Waals surface area contributed by atoms with E-state index in [1.807, 2.05) is 0 Å². The van der Waals surface area contributed by atoms with Crippen LogP contribution in [-0.4, -0.2) is 47.5 Å². The largest absolute Gasteiger partial charge is 0.388 e. The number of para-hydroxylation sites is 1. The zero-order valence-electron chi connectivity index (χ0n) is 14.9. The van der Waals surface area contributed by atoms with Gasteiger partial charge >= 0.3 is 0 Å². The maximum absolute atomic E-state index is 12.8. The molecule has 1 amide bonds. The molecule has 8 nitrogen and oxygen atoms in total. The maximum atomic E-state index is 12.8. The molecule has 0 saturated heterocycles. The van der Waals surface area contributed by atoms with E-state index in [4.69, 9.17) is 5.11 Å². The highest BCUT2D eigenvalue weighted by atomic mass is 32.2. The molecule has 2 aromatic heterocycles. The van der Waals surface area contributed by atoms with Crippen LogP contribution in [0.4, 0.5) is 5.69 Å². The molecular formula is C19H17N3O5S. The summed E-state index contributed by atoms with van der Waals surface area (Å²) >= 11 is 0. The summed E-state index contributed by atoms with van der Waals surface area (Å²) in [6.07, 6.45) is 5.22. The SMILES string of the molecule is CS(=O)(=O)c1nc(C(=O)Nc2ccccc2/C=C/C(=O)CO)c2ccccn12. The van der Waals surface area contributed by atoms with Crippen LogP contribution in [0, 0.1) is 0 Å². The Kier molecular flexibility index (Phi) is 5.39. The first-order valence-corrected chi connectivity index (χ1v) is 10.1. The van der Waals surface area contributed by atoms with Gasteiger partial charge < -0.3 is 10.4 Å². The number of aliphatic hydroxyl groups is 1. The third-order valence-electron chi connectivity index (χ3n) is 3.88. The number of carbonyl (C=O) groups excluding carboxylic acids is 2. The Morgan fingerprint density at radius 3 is 2.61 bits per heavy atom. The number of rotatable bonds is 6. The lowest BCUT2D eigenvalue weighted by molar-refractivity contribution is -0.117. The highest BCUT2D eigenvalue weighted by molar-refractivity contribution is 7.90. The van der Waals surface area contributed by atoms with E-state index in [0.29, 0.717) is 16.8 Å². The van der Waals surface area contributed by atoms with Gasteiger partial charge in [-0.15, -0.1) is 0 Å². The van der Waals surface area contributed by atoms with Crippen molar-refractivity contribution in [3.8, 4) is 0 Å². The van der Waals surface area contributed by atoms with Crippen LogP contribution >= 0.6 is 0 Å². The molecule has 28 heavy (non-hydrogen) atoms. The summed E-state index contributed by atoms with van der Waals surface area (Å²) in [7, 11) is -3.64. The van der Waals surface area contributed by atoms with Crippen molar-refractivity contribution in [3.63, 3.8) is 0 Å². The Labute approximate surface area is 161 Å². The van der Waals surface area contributed by atoms with Crippen LogP contribution in [-0.2, 0) is 14.6 Å². The molecule has 3 rings (SSSR count). The number of sulfone groups is 1. The van der Waals surface area contributed by atoms with Crippen molar-refractivity contribution < 1.29 is 23.1 Å². The van der Waals surface area contributed by atoms with E-state index in [-0.39, 0.29) is 10.9 Å². The van der Waals surface area contributed by atoms with Crippen LogP contribution < -0.4 is 5.32 Å². The maximum Gasteiger partial charge on any atom is 0.276 e. The van der Waals surface area contributed by atoms with Gasteiger partial charge in [0.05, 0.1) is 5.52 Å². The molecule has 9 heteroatoms. The Hall–Kier alpha value is -3.30. The number of hydrogen-bond acceptors (Lipinski definition) is 6. The Balaban J connectivity index is 2.00. The van der Waals surface area contributed by atoms with Gasteiger partial charge in [-0.1, -0.05) is 24.3 Å². The minimum atomic E-state index is -3.64. The van der Waals surface area contributed by atoms with Crippen molar-refractivity contribution in [1.29, 1.82) is 0 Å². The number of pyridine rings is 1. The molecule has 0 atom stereocenters. The van der Waals surface area contributed by atoms with Crippen molar-refractivity contribution in [2.75, 3.05) is 18.2 Å². The highest BCUT2D eigenvalue weighted by Crippen LogP contribution is 2.21. The fourth-order valence-electron chi connectivity index (χ4n) is 2.61. The number of amides is 1. The molecule has 0 aliphatic carbocycles. The molecule has 0 bridgehead atoms. The second kappa shape index (κ2) is 7.75. The van der Waals surface area contributed by atoms with Gasteiger partial charge in [0, 0.05) is 18.1 Å². The second-order valence-electron chi connectivity index (χ2n) is 5.97. The van der Waals surface area contributed by atoms with Gasteiger partial charge in [-0.3, -0.25) is 14.0 Å². The number of aliphatic hydroxyl groups excluding tert-OH is 1. The minimum Gasteiger partial charge on any atom is -0.388 e. The van der Waals surface area contributed by atoms with Crippen molar-refractivity contribution in [2.24, 2.45) is 0 Å². The number of ketones is 1. The first-order valence-electron chi connectivity index (χ1n) is 8.20. The first kappa shape index (κ1) is 19.5. The Bertz CT molecular complexity index is 1200. The van der Waals surface area contributed by atoms with Gasteiger partial charge in [0.15, 0.2) is 11.5 Å². The first-order chi connectivity index (χ1) is 13.3. The van der Waals surface area contributed by atoms with E-state index < -0.39 is 28.1 Å². The van der Waals surface area contributed by atoms with E-state index in [9.17, 15) is 18.0 Å². The average Bonchev–Trinajstić information content (AvgIpc) is 3.07. The van der Waals surface area contributed by atoms with Crippen molar-refractivity contribution in [2.45, 2.75) is 5.16 Å². The molecule has 3 aromatic rings. The highest BCUT2D eigenvalue weighted by Gasteiger charge is 2.23. The zero-order chi connectivity index (χ0) is 20.3. The number of aromatic nitrogens is 2. The summed E-state index contributed by atoms with van der Waals surface area (Å²) in [4.78, 5) is 28.1. The van der Waals surface area contributed by atoms with Gasteiger partial charge in [-0.2, -0.15) is 0 Å². The molecule has 0 aliphatic heterocycles. The standard InChI is InChI=1S/C19H17N3O5S/c1-28(26,27)19-21-17(16-8-4-5-11-22(16)19)18(25)20-15-7-3-2-6-13(15)9-10-14(24)12-23/h2-11,23H,12H2,1H3,(H,20,25)/b10-9+. The van der Waals surface area contributed by atoms with E-state index in [0.717, 1.165) is 6.26 Å². The number of imidazole rings is 1. The quantitative estimate of drug-likeness (QED) is 0.608. The van der Waals surface area contributed by atoms with E-state index in [1.54, 1.807) is 42.5 Å². The molecule has 0 aliphatic rings. The van der Waals surface area contributed by atoms with Crippen molar-refractivity contribution in [3.05, 3.63) is 66.0 Å². The predicted molar refractivity (Wildman–Crippen MR) is 104 cm³/mol. The smallest absolute Gasteiger partial charge is 0.276 e. The minimum absolute atomic E-state index is 0.0359. The summed E-state index contributed by atoms with van der Waals surface area (Å²) in [5.41, 5.74) is 1.27. The molecule has 0 saturated carbocycles. The van der Waals surface area contributed by atoms with Crippen molar-refractivity contribution >= 4 is 38.8 Å². The number of carbonyl (C=O) groups is 2. The van der Waals surface area contributed by atoms with Crippen LogP contribution in [0.3, 0.4) is 0 Å². The predicted octanol–water partition coefficient (Wildman–Crippen LogP) is 1.56. The van der Waals surface area contributed by atoms with E-state index >= 15 is 0 Å². The number of nitrogens with one attached hydrogen (secondary N) is 1. The Morgan fingerprint density at radius 2 is 1.89 bits per heavy atom. The van der Waals surface area contributed by atoms with Crippen LogP contribution in [0.5, 0.6) is 0 Å². The zero-order valence-corrected chi connectivity index (χ0v) is 15.7. The number of nitrogens with zero attached hydrogens (tertiary/aromatic N) is 2. The summed E-state index contributed by atoms with van der Waals surface area (Å²) in [6, 6.07) is 11.7. The average molecular weight is 399 g/mol. The molecule has 1 aromatic carbocycles. The van der Waals surface area contributed by atoms with Gasteiger partial charge in [0.2, 0.25) is 15.0 Å². The lowest BCUT2D eigenvalue weighted by atomic mass is 10.1. The summed E-state index contributed by atoms with van der Waals surface area (Å²) in [5, 5.41) is 11.3. The van der Waals surface area contributed by atoms with Gasteiger partial charge in [0.1, 0.15) is 6.61 Å². The molecule has 0 unspecified atom stereocenters. The van der Waals surface area contributed by atoms with Gasteiger partial charge in [-0.25, -0.2) is 13.4 Å². The molecular weight excluding hydrogens is 382 g/mol. The fourth-order valence-corrected chi connectivity index (χ4v) is 3.39. The Morgan fingerprint density at radius 1 is 1.18 bits per heavy atom. The van der Waals surface area contributed by atoms with Crippen molar-refractivity contribution in [1.82, 2.24) is 9.38 Å². The van der Waals surface area contributed by atoms with E-state index in [1.165, 1.54) is 22.7 Å². The topological polar surface area (TPSA) is 118 Å². The third-order valence-corrected chi connectivity index (χ3v) is 4.83. The van der Waals surface area contributed by atoms with E-state index in [2.05, 4.69) is 10.3 Å². The lowest BCUT2D eigenvalue weighted by Gasteiger charge is -2.07. The lowest BCUT2D eigenvalue weighted by Crippen LogP contribution is -2.14. The number of hydrogen-bond donors (Lipinski definition) is 2. The molecule has 2 heterocycles. The summed E-state index contributed by atoms with van der Waals surface area (Å²) in [6.45, 7) is -0.611. The fraction of sp³-hybridized carbons (Fsp3) is 0.105. The van der Waals surface area contributed by atoms with Crippen LogP contribution in [0.1, 0.15) is 16.1 Å². The third kappa shape index (κ3) is 4.00. The summed E-state index contributed by atoms with van der Waals surface area (Å²) in [5.74, 6) is -1.06. The molecule has 2 N–H and O–H groups in total. The van der Waals surface area contributed by atoms with Gasteiger partial charge in [-0.05, 0) is 35.9 Å². The number of anilines is 1. The monoisotopic (exact) mass is 399 g/mol. The number of benzene rings is 1. The summed E-state index contributed by atoms with van der Waals surface area (Å²) < 4.78 is 25.3. The number of fused-ring (bicyclic) bond motifs is 1. The molecule has 0 radical (unpaired) electrons. The second-order valence-corrected chi connectivity index (χ2v) is 7.88. The molecule has 0 fully saturated rings. The molecule has 0 spiro atoms. The normalized spacial score (nSPS) is 11.8. The molecule has 144 valence electrons. The van der Waals surface area contributed by atoms with Crippen LogP contribution in [0.25, 0.3) is 11.6 Å². The van der Waals surface area contributed by atoms with Gasteiger partial charge in [0.25, 0.3) is 5.91 Å². The van der Waals surface area contributed by atoms with Crippen LogP contribution in [0.2, 0.25) is 0 Å².